The van der Waals surface area contributed by atoms with Crippen LogP contribution in [0.3, 0.4) is 0 Å². The summed E-state index contributed by atoms with van der Waals surface area (Å²) >= 11 is 0. The number of likely N-dealkylation sites (tertiary alicyclic amines) is 1. The Morgan fingerprint density at radius 1 is 1.18 bits per heavy atom. The maximum Gasteiger partial charge on any atom is 0.261 e. The minimum Gasteiger partial charge on any atom is -0.493 e. The second kappa shape index (κ2) is 10.4. The number of hydrogen-bond donors (Lipinski definition) is 0. The van der Waals surface area contributed by atoms with Gasteiger partial charge in [-0.15, -0.1) is 0 Å². The van der Waals surface area contributed by atoms with E-state index in [9.17, 15) is 4.79 Å². The lowest BCUT2D eigenvalue weighted by Crippen LogP contribution is -2.35. The summed E-state index contributed by atoms with van der Waals surface area (Å²) in [5.41, 5.74) is 3.92. The number of carbonyl (C=O) groups is 1. The minimum absolute atomic E-state index is 0.0482. The third-order valence-corrected chi connectivity index (χ3v) is 5.89. The fraction of sp³-hybridized carbons (Fsp3) is 0.385. The molecule has 3 heterocycles. The quantitative estimate of drug-likeness (QED) is 0.505. The van der Waals surface area contributed by atoms with Crippen LogP contribution in [0.25, 0.3) is 11.1 Å². The minimum atomic E-state index is -0.109. The van der Waals surface area contributed by atoms with Crippen molar-refractivity contribution in [2.45, 2.75) is 45.6 Å². The molecule has 1 aliphatic rings. The molecular formula is C26H30N4O3. The molecule has 7 heteroatoms. The Balaban J connectivity index is 1.58. The molecule has 172 valence electrons. The van der Waals surface area contributed by atoms with Crippen molar-refractivity contribution < 1.29 is 14.3 Å². The number of aryl methyl sites for hydroxylation is 2. The molecule has 1 amide bonds. The van der Waals surface area contributed by atoms with Crippen LogP contribution in [0.1, 0.15) is 49.3 Å². The molecule has 1 aliphatic heterocycles. The van der Waals surface area contributed by atoms with Gasteiger partial charge in [-0.05, 0) is 61.6 Å². The predicted octanol–water partition coefficient (Wildman–Crippen LogP) is 4.55. The molecule has 1 saturated heterocycles. The smallest absolute Gasteiger partial charge is 0.261 e. The third kappa shape index (κ3) is 5.13. The van der Waals surface area contributed by atoms with E-state index >= 15 is 0 Å². The molecule has 33 heavy (non-hydrogen) atoms. The molecule has 1 fully saturated rings. The highest BCUT2D eigenvalue weighted by atomic mass is 16.5. The lowest BCUT2D eigenvalue weighted by Gasteiger charge is -2.26. The summed E-state index contributed by atoms with van der Waals surface area (Å²) in [6.45, 7) is 4.73. The Hall–Kier alpha value is -3.48. The fourth-order valence-corrected chi connectivity index (χ4v) is 4.25. The number of ether oxygens (including phenoxy) is 2. The number of benzene rings is 1. The summed E-state index contributed by atoms with van der Waals surface area (Å²) in [6.07, 6.45) is 8.97. The summed E-state index contributed by atoms with van der Waals surface area (Å²) in [5, 5.41) is 0. The zero-order valence-corrected chi connectivity index (χ0v) is 19.5. The first-order chi connectivity index (χ1) is 16.1. The Kier molecular flexibility index (Phi) is 7.17. The van der Waals surface area contributed by atoms with Crippen molar-refractivity contribution in [3.8, 4) is 22.6 Å². The van der Waals surface area contributed by atoms with Crippen molar-refractivity contribution in [1.29, 1.82) is 0 Å². The van der Waals surface area contributed by atoms with Gasteiger partial charge in [0, 0.05) is 37.1 Å². The molecule has 1 aromatic carbocycles. The summed E-state index contributed by atoms with van der Waals surface area (Å²) < 4.78 is 11.3. The van der Waals surface area contributed by atoms with Crippen molar-refractivity contribution in [3.63, 3.8) is 0 Å². The molecule has 3 aromatic rings. The van der Waals surface area contributed by atoms with Crippen molar-refractivity contribution >= 4 is 5.91 Å². The highest BCUT2D eigenvalue weighted by Crippen LogP contribution is 2.37. The van der Waals surface area contributed by atoms with Gasteiger partial charge in [-0.1, -0.05) is 13.0 Å². The average molecular weight is 447 g/mol. The molecular weight excluding hydrogens is 416 g/mol. The molecule has 0 saturated carbocycles. The fourth-order valence-electron chi connectivity index (χ4n) is 4.25. The first-order valence-corrected chi connectivity index (χ1v) is 11.4. The molecule has 7 nitrogen and oxygen atoms in total. The van der Waals surface area contributed by atoms with Crippen molar-refractivity contribution in [1.82, 2.24) is 19.9 Å². The van der Waals surface area contributed by atoms with Crippen LogP contribution in [-0.4, -0.2) is 46.0 Å². The van der Waals surface area contributed by atoms with Gasteiger partial charge in [0.1, 0.15) is 5.82 Å². The van der Waals surface area contributed by atoms with Crippen LogP contribution in [0.2, 0.25) is 0 Å². The first-order valence-electron chi connectivity index (χ1n) is 11.4. The van der Waals surface area contributed by atoms with E-state index in [0.29, 0.717) is 18.0 Å². The van der Waals surface area contributed by atoms with E-state index in [-0.39, 0.29) is 18.6 Å². The number of aromatic nitrogens is 3. The largest absolute Gasteiger partial charge is 0.493 e. The van der Waals surface area contributed by atoms with E-state index in [2.05, 4.69) is 16.9 Å². The molecule has 4 rings (SSSR count). The lowest BCUT2D eigenvalue weighted by atomic mass is 10.0. The topological polar surface area (TPSA) is 77.4 Å². The molecule has 1 unspecified atom stereocenters. The second-order valence-corrected chi connectivity index (χ2v) is 8.26. The number of pyridine rings is 1. The van der Waals surface area contributed by atoms with E-state index in [0.717, 1.165) is 53.9 Å². The van der Waals surface area contributed by atoms with Gasteiger partial charge in [-0.25, -0.2) is 9.97 Å². The number of carbonyl (C=O) groups excluding carboxylic acids is 1. The van der Waals surface area contributed by atoms with Gasteiger partial charge in [0.25, 0.3) is 5.91 Å². The normalized spacial score (nSPS) is 15.5. The van der Waals surface area contributed by atoms with Crippen molar-refractivity contribution in [2.24, 2.45) is 0 Å². The van der Waals surface area contributed by atoms with Crippen LogP contribution in [0, 0.1) is 6.92 Å². The Bertz CT molecular complexity index is 1100. The van der Waals surface area contributed by atoms with Crippen LogP contribution in [0.5, 0.6) is 11.5 Å². The van der Waals surface area contributed by atoms with Gasteiger partial charge < -0.3 is 14.4 Å². The van der Waals surface area contributed by atoms with Crippen molar-refractivity contribution in [2.75, 3.05) is 20.3 Å². The van der Waals surface area contributed by atoms with E-state index in [1.165, 1.54) is 0 Å². The molecule has 2 aromatic heterocycles. The van der Waals surface area contributed by atoms with Crippen LogP contribution in [0.15, 0.2) is 48.9 Å². The highest BCUT2D eigenvalue weighted by molar-refractivity contribution is 5.79. The highest BCUT2D eigenvalue weighted by Gasteiger charge is 2.33. The van der Waals surface area contributed by atoms with Crippen molar-refractivity contribution in [3.05, 3.63) is 66.0 Å². The maximum absolute atomic E-state index is 13.2. The Labute approximate surface area is 194 Å². The van der Waals surface area contributed by atoms with E-state index < -0.39 is 0 Å². The molecule has 0 bridgehead atoms. The predicted molar refractivity (Wildman–Crippen MR) is 126 cm³/mol. The third-order valence-electron chi connectivity index (χ3n) is 5.89. The number of amides is 1. The average Bonchev–Trinajstić information content (AvgIpc) is 3.34. The summed E-state index contributed by atoms with van der Waals surface area (Å²) in [6, 6.07) is 9.48. The van der Waals surface area contributed by atoms with Crippen LogP contribution in [-0.2, 0) is 11.2 Å². The number of rotatable bonds is 8. The van der Waals surface area contributed by atoms with E-state index in [4.69, 9.17) is 14.5 Å². The summed E-state index contributed by atoms with van der Waals surface area (Å²) in [4.78, 5) is 28.8. The summed E-state index contributed by atoms with van der Waals surface area (Å²) in [5.74, 6) is 1.94. The lowest BCUT2D eigenvalue weighted by molar-refractivity contribution is -0.134. The van der Waals surface area contributed by atoms with Crippen LogP contribution in [0.4, 0.5) is 0 Å². The molecule has 1 atom stereocenters. The molecule has 0 radical (unpaired) electrons. The van der Waals surface area contributed by atoms with Gasteiger partial charge in [-0.3, -0.25) is 9.78 Å². The first kappa shape index (κ1) is 22.7. The number of hydrogen-bond acceptors (Lipinski definition) is 6. The van der Waals surface area contributed by atoms with Gasteiger partial charge in [0.15, 0.2) is 18.1 Å². The van der Waals surface area contributed by atoms with Gasteiger partial charge in [0.05, 0.1) is 18.8 Å². The number of methoxy groups -OCH3 is 1. The van der Waals surface area contributed by atoms with Gasteiger partial charge in [-0.2, -0.15) is 0 Å². The molecule has 0 aliphatic carbocycles. The second-order valence-electron chi connectivity index (χ2n) is 8.26. The van der Waals surface area contributed by atoms with Crippen LogP contribution < -0.4 is 9.47 Å². The maximum atomic E-state index is 13.2. The Morgan fingerprint density at radius 2 is 2.00 bits per heavy atom. The van der Waals surface area contributed by atoms with E-state index in [1.807, 2.05) is 48.4 Å². The van der Waals surface area contributed by atoms with Crippen LogP contribution >= 0.6 is 0 Å². The monoisotopic (exact) mass is 446 g/mol. The summed E-state index contributed by atoms with van der Waals surface area (Å²) in [7, 11) is 1.60. The SMILES string of the molecule is CCCc1ncc(-c2ccncc2)c(C2CCCN2C(=O)COc2ccc(C)cc2OC)n1. The molecule has 0 spiro atoms. The Morgan fingerprint density at radius 3 is 2.76 bits per heavy atom. The van der Waals surface area contributed by atoms with Gasteiger partial charge in [0.2, 0.25) is 0 Å². The van der Waals surface area contributed by atoms with Gasteiger partial charge >= 0.3 is 0 Å². The zero-order valence-electron chi connectivity index (χ0n) is 19.5. The number of nitrogens with zero attached hydrogens (tertiary/aromatic N) is 4. The standard InChI is InChI=1S/C26H30N4O3/c1-4-6-24-28-16-20(19-10-12-27-13-11-19)26(29-24)21-7-5-14-30(21)25(31)17-33-22-9-8-18(2)15-23(22)32-3/h8-13,15-16,21H,4-7,14,17H2,1-3H3. The molecule has 0 N–H and O–H groups in total. The van der Waals surface area contributed by atoms with E-state index in [1.54, 1.807) is 19.5 Å². The zero-order chi connectivity index (χ0) is 23.2.